The Labute approximate surface area is 180 Å². The van der Waals surface area contributed by atoms with Crippen molar-refractivity contribution >= 4 is 17.3 Å². The molecule has 3 aliphatic rings. The summed E-state index contributed by atoms with van der Waals surface area (Å²) in [5, 5.41) is 0. The van der Waals surface area contributed by atoms with Gasteiger partial charge in [-0.3, -0.25) is 14.4 Å². The standard InChI is InChI=1S/C26H34O4/c1-14-10-20-11-15(2)24(29)19(6)23(20)22(21(14)13-18(5)28)12-16(3)25-26(7,30-25)9-8-17(4)27/h8-10,12,15,19,22-23,25H,11,13H2,1-7H3. The van der Waals surface area contributed by atoms with Crippen molar-refractivity contribution in [3.63, 3.8) is 0 Å². The Morgan fingerprint density at radius 1 is 1.23 bits per heavy atom. The highest BCUT2D eigenvalue weighted by Crippen LogP contribution is 2.49. The number of allylic oxidation sites excluding steroid dienone is 6. The summed E-state index contributed by atoms with van der Waals surface area (Å²) in [6.07, 6.45) is 8.94. The van der Waals surface area contributed by atoms with Crippen molar-refractivity contribution in [2.75, 3.05) is 0 Å². The van der Waals surface area contributed by atoms with Gasteiger partial charge in [-0.15, -0.1) is 0 Å². The molecule has 0 aromatic rings. The molecule has 1 aliphatic heterocycles. The highest BCUT2D eigenvalue weighted by atomic mass is 16.6. The van der Waals surface area contributed by atoms with E-state index < -0.39 is 5.60 Å². The van der Waals surface area contributed by atoms with Gasteiger partial charge < -0.3 is 4.74 Å². The Morgan fingerprint density at radius 2 is 1.90 bits per heavy atom. The second-order valence-corrected chi connectivity index (χ2v) is 9.69. The first kappa shape index (κ1) is 22.6. The number of ether oxygens (including phenoxy) is 1. The van der Waals surface area contributed by atoms with E-state index in [-0.39, 0.29) is 41.3 Å². The molecule has 0 bridgehead atoms. The SMILES string of the molecule is CC(=O)C=CC1(C)OC1C(C)=CC1C(CC(C)=O)=C(C)C=C2CC(C)C(=O)C(C)C21. The van der Waals surface area contributed by atoms with Gasteiger partial charge in [0.25, 0.3) is 0 Å². The number of hydrogen-bond donors (Lipinski definition) is 0. The number of hydrogen-bond acceptors (Lipinski definition) is 4. The third-order valence-corrected chi connectivity index (χ3v) is 6.92. The monoisotopic (exact) mass is 410 g/mol. The van der Waals surface area contributed by atoms with E-state index >= 15 is 0 Å². The van der Waals surface area contributed by atoms with E-state index in [1.165, 1.54) is 12.5 Å². The molecular formula is C26H34O4. The molecule has 162 valence electrons. The van der Waals surface area contributed by atoms with E-state index in [1.807, 2.05) is 33.8 Å². The van der Waals surface area contributed by atoms with Gasteiger partial charge in [0, 0.05) is 24.2 Å². The van der Waals surface area contributed by atoms with Crippen LogP contribution in [0.15, 0.2) is 46.6 Å². The maximum atomic E-state index is 12.8. The molecule has 0 N–H and O–H groups in total. The van der Waals surface area contributed by atoms with Gasteiger partial charge in [0.2, 0.25) is 0 Å². The molecule has 2 fully saturated rings. The summed E-state index contributed by atoms with van der Waals surface area (Å²) >= 11 is 0. The molecule has 1 saturated heterocycles. The Hall–Kier alpha value is -2.07. The van der Waals surface area contributed by atoms with Crippen molar-refractivity contribution in [3.05, 3.63) is 46.6 Å². The first-order valence-electron chi connectivity index (χ1n) is 10.9. The summed E-state index contributed by atoms with van der Waals surface area (Å²) in [7, 11) is 0. The van der Waals surface area contributed by atoms with Crippen LogP contribution in [0.4, 0.5) is 0 Å². The van der Waals surface area contributed by atoms with Gasteiger partial charge in [0.05, 0.1) is 0 Å². The summed E-state index contributed by atoms with van der Waals surface area (Å²) in [5.41, 5.74) is 4.21. The molecular weight excluding hydrogens is 376 g/mol. The summed E-state index contributed by atoms with van der Waals surface area (Å²) in [6, 6.07) is 0. The van der Waals surface area contributed by atoms with Gasteiger partial charge in [-0.1, -0.05) is 42.7 Å². The zero-order valence-corrected chi connectivity index (χ0v) is 19.2. The average Bonchev–Trinajstić information content (AvgIpc) is 3.33. The highest BCUT2D eigenvalue weighted by molar-refractivity contribution is 5.87. The van der Waals surface area contributed by atoms with Crippen LogP contribution in [0.5, 0.6) is 0 Å². The van der Waals surface area contributed by atoms with Crippen molar-refractivity contribution in [2.24, 2.45) is 23.7 Å². The maximum Gasteiger partial charge on any atom is 0.152 e. The molecule has 0 amide bonds. The van der Waals surface area contributed by atoms with Gasteiger partial charge in [-0.05, 0) is 64.7 Å². The minimum absolute atomic E-state index is 0.000123. The molecule has 1 saturated carbocycles. The zero-order chi connectivity index (χ0) is 22.4. The van der Waals surface area contributed by atoms with Crippen molar-refractivity contribution < 1.29 is 19.1 Å². The van der Waals surface area contributed by atoms with Crippen LogP contribution >= 0.6 is 0 Å². The number of carbonyl (C=O) groups excluding carboxylic acids is 3. The summed E-state index contributed by atoms with van der Waals surface area (Å²) in [4.78, 5) is 36.2. The summed E-state index contributed by atoms with van der Waals surface area (Å²) in [5.74, 6) is 0.532. The fraction of sp³-hybridized carbons (Fsp3) is 0.577. The van der Waals surface area contributed by atoms with E-state index in [0.717, 1.165) is 23.1 Å². The lowest BCUT2D eigenvalue weighted by Gasteiger charge is -2.42. The summed E-state index contributed by atoms with van der Waals surface area (Å²) in [6.45, 7) is 13.3. The van der Waals surface area contributed by atoms with Gasteiger partial charge >= 0.3 is 0 Å². The number of epoxide rings is 1. The third kappa shape index (κ3) is 4.34. The topological polar surface area (TPSA) is 63.7 Å². The van der Waals surface area contributed by atoms with Crippen molar-refractivity contribution in [3.8, 4) is 0 Å². The minimum atomic E-state index is -0.471. The maximum absolute atomic E-state index is 12.8. The molecule has 2 aliphatic carbocycles. The lowest BCUT2D eigenvalue weighted by Crippen LogP contribution is -2.39. The van der Waals surface area contributed by atoms with Crippen LogP contribution in [0.3, 0.4) is 0 Å². The molecule has 1 heterocycles. The van der Waals surface area contributed by atoms with Gasteiger partial charge in [0.15, 0.2) is 5.78 Å². The highest BCUT2D eigenvalue weighted by Gasteiger charge is 2.52. The molecule has 4 nitrogen and oxygen atoms in total. The van der Waals surface area contributed by atoms with Crippen molar-refractivity contribution in [1.29, 1.82) is 0 Å². The molecule has 4 heteroatoms. The van der Waals surface area contributed by atoms with Crippen LogP contribution in [0.25, 0.3) is 0 Å². The third-order valence-electron chi connectivity index (χ3n) is 6.92. The van der Waals surface area contributed by atoms with Crippen LogP contribution in [-0.2, 0) is 19.1 Å². The van der Waals surface area contributed by atoms with Gasteiger partial charge in [-0.25, -0.2) is 0 Å². The van der Waals surface area contributed by atoms with Crippen molar-refractivity contribution in [1.82, 2.24) is 0 Å². The number of carbonyl (C=O) groups is 3. The van der Waals surface area contributed by atoms with Crippen LogP contribution in [0, 0.1) is 23.7 Å². The predicted octanol–water partition coefficient (Wildman–Crippen LogP) is 4.95. The Bertz CT molecular complexity index is 900. The van der Waals surface area contributed by atoms with Crippen LogP contribution < -0.4 is 0 Å². The molecule has 30 heavy (non-hydrogen) atoms. The van der Waals surface area contributed by atoms with E-state index in [0.29, 0.717) is 12.2 Å². The molecule has 0 radical (unpaired) electrons. The zero-order valence-electron chi connectivity index (χ0n) is 19.2. The van der Waals surface area contributed by atoms with Gasteiger partial charge in [0.1, 0.15) is 23.3 Å². The fourth-order valence-electron chi connectivity index (χ4n) is 5.36. The lowest BCUT2D eigenvalue weighted by molar-refractivity contribution is -0.129. The fourth-order valence-corrected chi connectivity index (χ4v) is 5.36. The normalized spacial score (nSPS) is 36.6. The minimum Gasteiger partial charge on any atom is -0.357 e. The largest absolute Gasteiger partial charge is 0.357 e. The lowest BCUT2D eigenvalue weighted by atomic mass is 9.61. The van der Waals surface area contributed by atoms with Crippen LogP contribution in [0.2, 0.25) is 0 Å². The number of ketones is 3. The van der Waals surface area contributed by atoms with Crippen LogP contribution in [0.1, 0.15) is 61.3 Å². The Kier molecular flexibility index (Phi) is 6.20. The molecule has 3 rings (SSSR count). The van der Waals surface area contributed by atoms with E-state index in [4.69, 9.17) is 4.74 Å². The van der Waals surface area contributed by atoms with E-state index in [9.17, 15) is 14.4 Å². The molecule has 0 spiro atoms. The molecule has 6 unspecified atom stereocenters. The second-order valence-electron chi connectivity index (χ2n) is 9.69. The molecule has 0 aromatic carbocycles. The summed E-state index contributed by atoms with van der Waals surface area (Å²) < 4.78 is 5.93. The number of fused-ring (bicyclic) bond motifs is 1. The number of rotatable bonds is 6. The molecule has 0 aromatic heterocycles. The number of Topliss-reactive ketones (excluding diaryl/α,β-unsaturated/α-hetero) is 2. The smallest absolute Gasteiger partial charge is 0.152 e. The second kappa shape index (κ2) is 8.22. The first-order valence-corrected chi connectivity index (χ1v) is 10.9. The van der Waals surface area contributed by atoms with Crippen molar-refractivity contribution in [2.45, 2.75) is 73.0 Å². The Morgan fingerprint density at radius 3 is 2.50 bits per heavy atom. The quantitative estimate of drug-likeness (QED) is 0.353. The first-order chi connectivity index (χ1) is 13.9. The van der Waals surface area contributed by atoms with E-state index in [1.54, 1.807) is 13.0 Å². The van der Waals surface area contributed by atoms with E-state index in [2.05, 4.69) is 19.1 Å². The molecule has 6 atom stereocenters. The van der Waals surface area contributed by atoms with Gasteiger partial charge in [-0.2, -0.15) is 0 Å². The van der Waals surface area contributed by atoms with Crippen LogP contribution in [-0.4, -0.2) is 29.1 Å². The Balaban J connectivity index is 1.98. The predicted molar refractivity (Wildman–Crippen MR) is 118 cm³/mol. The average molecular weight is 411 g/mol.